The minimum absolute atomic E-state index is 0.212. The van der Waals surface area contributed by atoms with Crippen LogP contribution in [-0.4, -0.2) is 25.2 Å². The Hall–Kier alpha value is -1.67. The molecule has 21 heavy (non-hydrogen) atoms. The first-order chi connectivity index (χ1) is 10.0. The molecule has 2 N–H and O–H groups in total. The highest BCUT2D eigenvalue weighted by molar-refractivity contribution is 7.94. The molecule has 0 saturated carbocycles. The van der Waals surface area contributed by atoms with Crippen LogP contribution in [0.4, 0.5) is 11.6 Å². The number of nitrogens with zero attached hydrogens (tertiary/aromatic N) is 2. The summed E-state index contributed by atoms with van der Waals surface area (Å²) in [6.07, 6.45) is 1.80. The lowest BCUT2D eigenvalue weighted by molar-refractivity contribution is 0.603. The maximum Gasteiger partial charge on any atom is 0.272 e. The van der Waals surface area contributed by atoms with E-state index in [9.17, 15) is 8.42 Å². The largest absolute Gasteiger partial charge is 0.369 e. The summed E-state index contributed by atoms with van der Waals surface area (Å²) in [6.45, 7) is 4.84. The summed E-state index contributed by atoms with van der Waals surface area (Å²) in [6, 6.07) is 6.72. The van der Waals surface area contributed by atoms with Crippen LogP contribution in [0.5, 0.6) is 0 Å². The minimum atomic E-state index is -3.59. The van der Waals surface area contributed by atoms with Crippen molar-refractivity contribution >= 4 is 33.0 Å². The number of hydrogen-bond donors (Lipinski definition) is 2. The van der Waals surface area contributed by atoms with Gasteiger partial charge >= 0.3 is 0 Å². The van der Waals surface area contributed by atoms with Gasteiger partial charge in [0.15, 0.2) is 5.82 Å². The molecule has 6 nitrogen and oxygen atoms in total. The third kappa shape index (κ3) is 4.15. The van der Waals surface area contributed by atoms with Crippen LogP contribution in [-0.2, 0) is 16.4 Å². The summed E-state index contributed by atoms with van der Waals surface area (Å²) < 4.78 is 27.1. The van der Waals surface area contributed by atoms with Crippen LogP contribution in [0, 0.1) is 0 Å². The fourth-order valence-electron chi connectivity index (χ4n) is 1.61. The van der Waals surface area contributed by atoms with Gasteiger partial charge in [0.2, 0.25) is 0 Å². The molecule has 2 rings (SSSR count). The average molecular weight is 326 g/mol. The molecule has 2 aromatic heterocycles. The monoisotopic (exact) mass is 326 g/mol. The molecule has 2 aromatic rings. The summed E-state index contributed by atoms with van der Waals surface area (Å²) in [4.78, 5) is 1.03. The zero-order chi connectivity index (χ0) is 15.3. The second-order valence-electron chi connectivity index (χ2n) is 4.41. The predicted molar refractivity (Wildman–Crippen MR) is 85.3 cm³/mol. The third-order valence-corrected chi connectivity index (χ3v) is 5.79. The molecular weight excluding hydrogens is 308 g/mol. The van der Waals surface area contributed by atoms with Gasteiger partial charge in [-0.15, -0.1) is 21.5 Å². The van der Waals surface area contributed by atoms with Crippen LogP contribution in [0.25, 0.3) is 0 Å². The third-order valence-electron chi connectivity index (χ3n) is 2.71. The van der Waals surface area contributed by atoms with Gasteiger partial charge < -0.3 is 5.32 Å². The van der Waals surface area contributed by atoms with E-state index in [0.717, 1.165) is 24.3 Å². The first-order valence-electron chi connectivity index (χ1n) is 6.74. The van der Waals surface area contributed by atoms with Gasteiger partial charge in [0, 0.05) is 11.4 Å². The van der Waals surface area contributed by atoms with Crippen molar-refractivity contribution < 1.29 is 8.42 Å². The number of nitrogens with one attached hydrogen (secondary N) is 2. The molecule has 0 amide bonds. The Bertz CT molecular complexity index is 680. The molecule has 0 saturated heterocycles. The van der Waals surface area contributed by atoms with E-state index in [0.29, 0.717) is 5.82 Å². The van der Waals surface area contributed by atoms with Gasteiger partial charge in [-0.3, -0.25) is 4.72 Å². The van der Waals surface area contributed by atoms with Crippen molar-refractivity contribution in [3.63, 3.8) is 0 Å². The van der Waals surface area contributed by atoms with Crippen molar-refractivity contribution in [2.45, 2.75) is 30.9 Å². The predicted octanol–water partition coefficient (Wildman–Crippen LogP) is 2.72. The number of hydrogen-bond acceptors (Lipinski definition) is 6. The topological polar surface area (TPSA) is 84.0 Å². The first kappa shape index (κ1) is 15.7. The Labute approximate surface area is 128 Å². The first-order valence-corrected chi connectivity index (χ1v) is 9.04. The lowest BCUT2D eigenvalue weighted by Crippen LogP contribution is -2.13. The zero-order valence-electron chi connectivity index (χ0n) is 12.0. The lowest BCUT2D eigenvalue weighted by Gasteiger charge is -2.06. The molecule has 0 aromatic carbocycles. The summed E-state index contributed by atoms with van der Waals surface area (Å²) in [5.74, 6) is 0.840. The Morgan fingerprint density at radius 1 is 1.10 bits per heavy atom. The van der Waals surface area contributed by atoms with E-state index in [4.69, 9.17) is 0 Å². The fraction of sp³-hybridized carbons (Fsp3) is 0.385. The van der Waals surface area contributed by atoms with Gasteiger partial charge in [0.05, 0.1) is 0 Å². The lowest BCUT2D eigenvalue weighted by atomic mass is 10.4. The van der Waals surface area contributed by atoms with Crippen LogP contribution in [0.2, 0.25) is 0 Å². The Morgan fingerprint density at radius 2 is 1.81 bits per heavy atom. The van der Waals surface area contributed by atoms with Crippen molar-refractivity contribution in [2.75, 3.05) is 16.6 Å². The Kier molecular flexibility index (Phi) is 5.13. The molecule has 0 aliphatic carbocycles. The SMILES string of the molecule is CCCNc1ccc(NS(=O)(=O)c2ccc(CC)s2)nn1. The molecule has 0 aliphatic rings. The normalized spacial score (nSPS) is 11.3. The number of aryl methyl sites for hydroxylation is 1. The van der Waals surface area contributed by atoms with Crippen LogP contribution in [0.15, 0.2) is 28.5 Å². The smallest absolute Gasteiger partial charge is 0.272 e. The number of rotatable bonds is 7. The molecule has 0 unspecified atom stereocenters. The van der Waals surface area contributed by atoms with Crippen molar-refractivity contribution in [3.8, 4) is 0 Å². The minimum Gasteiger partial charge on any atom is -0.369 e. The fourth-order valence-corrected chi connectivity index (χ4v) is 3.91. The maximum absolute atomic E-state index is 12.2. The van der Waals surface area contributed by atoms with E-state index in [-0.39, 0.29) is 10.0 Å². The molecule has 114 valence electrons. The van der Waals surface area contributed by atoms with E-state index < -0.39 is 10.0 Å². The Morgan fingerprint density at radius 3 is 2.38 bits per heavy atom. The van der Waals surface area contributed by atoms with E-state index in [1.165, 1.54) is 11.3 Å². The van der Waals surface area contributed by atoms with Gasteiger partial charge in [-0.25, -0.2) is 8.42 Å². The molecule has 2 heterocycles. The van der Waals surface area contributed by atoms with Crippen LogP contribution in [0.3, 0.4) is 0 Å². The summed E-state index contributed by atoms with van der Waals surface area (Å²) in [7, 11) is -3.59. The van der Waals surface area contributed by atoms with Gasteiger partial charge in [0.25, 0.3) is 10.0 Å². The number of anilines is 2. The summed E-state index contributed by atoms with van der Waals surface area (Å²) >= 11 is 1.26. The molecule has 0 spiro atoms. The average Bonchev–Trinajstić information content (AvgIpc) is 2.96. The molecule has 0 aliphatic heterocycles. The molecular formula is C13H18N4O2S2. The number of aromatic nitrogens is 2. The van der Waals surface area contributed by atoms with E-state index in [1.54, 1.807) is 18.2 Å². The van der Waals surface area contributed by atoms with Crippen LogP contribution >= 0.6 is 11.3 Å². The van der Waals surface area contributed by atoms with Crippen molar-refractivity contribution in [3.05, 3.63) is 29.1 Å². The number of thiophene rings is 1. The quantitative estimate of drug-likeness (QED) is 0.817. The van der Waals surface area contributed by atoms with Crippen molar-refractivity contribution in [2.24, 2.45) is 0 Å². The second-order valence-corrected chi connectivity index (χ2v) is 7.49. The van der Waals surface area contributed by atoms with Crippen molar-refractivity contribution in [1.29, 1.82) is 0 Å². The van der Waals surface area contributed by atoms with Gasteiger partial charge in [-0.2, -0.15) is 0 Å². The zero-order valence-corrected chi connectivity index (χ0v) is 13.6. The molecule has 0 bridgehead atoms. The maximum atomic E-state index is 12.2. The van der Waals surface area contributed by atoms with Gasteiger partial charge in [-0.05, 0) is 37.1 Å². The van der Waals surface area contributed by atoms with E-state index in [2.05, 4.69) is 27.2 Å². The summed E-state index contributed by atoms with van der Waals surface area (Å²) in [5.41, 5.74) is 0. The Balaban J connectivity index is 2.09. The highest BCUT2D eigenvalue weighted by Gasteiger charge is 2.17. The van der Waals surface area contributed by atoms with Crippen LogP contribution < -0.4 is 10.0 Å². The molecule has 0 radical (unpaired) electrons. The van der Waals surface area contributed by atoms with E-state index in [1.807, 2.05) is 13.0 Å². The summed E-state index contributed by atoms with van der Waals surface area (Å²) in [5, 5.41) is 10.9. The molecule has 8 heteroatoms. The van der Waals surface area contributed by atoms with Crippen LogP contribution in [0.1, 0.15) is 25.1 Å². The molecule has 0 fully saturated rings. The standard InChI is InChI=1S/C13H18N4O2S2/c1-3-9-14-11-6-7-12(16-15-11)17-21(18,19)13-8-5-10(4-2)20-13/h5-8H,3-4,9H2,1-2H3,(H,14,15)(H,16,17). The number of sulfonamides is 1. The second kappa shape index (κ2) is 6.86. The highest BCUT2D eigenvalue weighted by Crippen LogP contribution is 2.23. The molecule has 0 atom stereocenters. The van der Waals surface area contributed by atoms with Gasteiger partial charge in [-0.1, -0.05) is 13.8 Å². The highest BCUT2D eigenvalue weighted by atomic mass is 32.2. The van der Waals surface area contributed by atoms with Crippen molar-refractivity contribution in [1.82, 2.24) is 10.2 Å². The van der Waals surface area contributed by atoms with Gasteiger partial charge in [0.1, 0.15) is 10.0 Å². The van der Waals surface area contributed by atoms with E-state index >= 15 is 0 Å².